The highest BCUT2D eigenvalue weighted by molar-refractivity contribution is 9.10. The largest absolute Gasteiger partial charge is 0.457 e. The molecule has 0 amide bonds. The van der Waals surface area contributed by atoms with E-state index in [9.17, 15) is 9.59 Å². The first-order valence-electron chi connectivity index (χ1n) is 7.28. The summed E-state index contributed by atoms with van der Waals surface area (Å²) in [5, 5.41) is 0.529. The molecule has 0 spiro atoms. The summed E-state index contributed by atoms with van der Waals surface area (Å²) in [6.45, 7) is 1.80. The van der Waals surface area contributed by atoms with E-state index in [1.807, 2.05) is 12.1 Å². The van der Waals surface area contributed by atoms with Crippen molar-refractivity contribution in [2.24, 2.45) is 7.05 Å². The van der Waals surface area contributed by atoms with Gasteiger partial charge in [0.2, 0.25) is 0 Å². The van der Waals surface area contributed by atoms with Crippen LogP contribution < -0.4 is 11.3 Å². The lowest BCUT2D eigenvalue weighted by Gasteiger charge is -2.08. The van der Waals surface area contributed by atoms with E-state index in [0.29, 0.717) is 32.3 Å². The molecule has 124 valence electrons. The fourth-order valence-electron chi connectivity index (χ4n) is 2.63. The van der Waals surface area contributed by atoms with Crippen LogP contribution in [0.3, 0.4) is 0 Å². The number of para-hydroxylation sites is 1. The zero-order chi connectivity index (χ0) is 17.4. The Morgan fingerprint density at radius 2 is 2.08 bits per heavy atom. The maximum absolute atomic E-state index is 12.6. The Kier molecular flexibility index (Phi) is 4.19. The van der Waals surface area contributed by atoms with Gasteiger partial charge in [0.05, 0.1) is 5.56 Å². The van der Waals surface area contributed by atoms with E-state index in [4.69, 9.17) is 10.5 Å². The molecular formula is C17H16BrN3O3. The molecule has 0 aliphatic carbocycles. The highest BCUT2D eigenvalue weighted by Crippen LogP contribution is 2.28. The number of aromatic amines is 1. The zero-order valence-electron chi connectivity index (χ0n) is 13.2. The Morgan fingerprint density at radius 1 is 1.38 bits per heavy atom. The predicted octanol–water partition coefficient (Wildman–Crippen LogP) is 2.88. The molecule has 0 unspecified atom stereocenters. The van der Waals surface area contributed by atoms with Crippen molar-refractivity contribution in [1.29, 1.82) is 0 Å². The smallest absolute Gasteiger partial charge is 0.340 e. The third-order valence-electron chi connectivity index (χ3n) is 3.89. The van der Waals surface area contributed by atoms with Gasteiger partial charge in [-0.05, 0) is 28.9 Å². The maximum atomic E-state index is 12.6. The highest BCUT2D eigenvalue weighted by Gasteiger charge is 2.22. The molecule has 0 saturated heterocycles. The van der Waals surface area contributed by atoms with Crippen LogP contribution in [0.25, 0.3) is 10.9 Å². The molecule has 6 nitrogen and oxygen atoms in total. The molecule has 0 fully saturated rings. The van der Waals surface area contributed by atoms with Crippen molar-refractivity contribution < 1.29 is 9.53 Å². The summed E-state index contributed by atoms with van der Waals surface area (Å²) in [4.78, 5) is 27.8. The molecule has 0 aliphatic rings. The predicted molar refractivity (Wildman–Crippen MR) is 96.0 cm³/mol. The summed E-state index contributed by atoms with van der Waals surface area (Å²) in [7, 11) is 1.65. The Hall–Kier alpha value is -2.54. The van der Waals surface area contributed by atoms with Gasteiger partial charge in [-0.15, -0.1) is 0 Å². The van der Waals surface area contributed by atoms with Crippen LogP contribution in [0.5, 0.6) is 0 Å². The number of fused-ring (bicyclic) bond motifs is 1. The summed E-state index contributed by atoms with van der Waals surface area (Å²) < 4.78 is 7.49. The van der Waals surface area contributed by atoms with Gasteiger partial charge < -0.3 is 20.0 Å². The van der Waals surface area contributed by atoms with Crippen molar-refractivity contribution in [1.82, 2.24) is 9.55 Å². The number of anilines is 1. The molecule has 3 rings (SSSR count). The van der Waals surface area contributed by atoms with E-state index in [0.717, 1.165) is 5.56 Å². The van der Waals surface area contributed by atoms with Crippen LogP contribution in [0.15, 0.2) is 39.7 Å². The lowest BCUT2D eigenvalue weighted by molar-refractivity contribution is 0.0475. The summed E-state index contributed by atoms with van der Waals surface area (Å²) in [5.41, 5.74) is 8.26. The number of aromatic nitrogens is 2. The number of H-pyrrole nitrogens is 1. The number of hydrogen-bond donors (Lipinski definition) is 2. The molecule has 0 bridgehead atoms. The number of nitrogens with zero attached hydrogens (tertiary/aromatic N) is 1. The summed E-state index contributed by atoms with van der Waals surface area (Å²) >= 11 is 3.41. The third kappa shape index (κ3) is 2.71. The van der Waals surface area contributed by atoms with Crippen LogP contribution in [0, 0.1) is 6.92 Å². The summed E-state index contributed by atoms with van der Waals surface area (Å²) in [5.74, 6) is -0.504. The van der Waals surface area contributed by atoms with Crippen LogP contribution in [0.4, 0.5) is 5.69 Å². The Bertz CT molecular complexity index is 1000. The van der Waals surface area contributed by atoms with Crippen molar-refractivity contribution in [2.45, 2.75) is 13.5 Å². The monoisotopic (exact) mass is 389 g/mol. The number of halogens is 1. The molecule has 0 radical (unpaired) electrons. The number of carbonyl (C=O) groups is 1. The van der Waals surface area contributed by atoms with Gasteiger partial charge in [0, 0.05) is 40.0 Å². The molecule has 3 N–H and O–H groups in total. The van der Waals surface area contributed by atoms with E-state index in [1.165, 1.54) is 4.57 Å². The molecule has 2 heterocycles. The molecule has 24 heavy (non-hydrogen) atoms. The average Bonchev–Trinajstić information content (AvgIpc) is 2.90. The number of pyridine rings is 1. The minimum absolute atomic E-state index is 0.0695. The third-order valence-corrected chi connectivity index (χ3v) is 4.49. The first-order valence-corrected chi connectivity index (χ1v) is 8.07. The van der Waals surface area contributed by atoms with Gasteiger partial charge in [-0.1, -0.05) is 18.2 Å². The van der Waals surface area contributed by atoms with Gasteiger partial charge in [0.15, 0.2) is 0 Å². The molecule has 1 aromatic carbocycles. The molecule has 0 aliphatic heterocycles. The maximum Gasteiger partial charge on any atom is 0.340 e. The van der Waals surface area contributed by atoms with Crippen molar-refractivity contribution in [2.75, 3.05) is 5.73 Å². The molecular weight excluding hydrogens is 374 g/mol. The van der Waals surface area contributed by atoms with Gasteiger partial charge in [-0.3, -0.25) is 4.79 Å². The first kappa shape index (κ1) is 16.3. The van der Waals surface area contributed by atoms with Crippen molar-refractivity contribution in [3.8, 4) is 0 Å². The quantitative estimate of drug-likeness (QED) is 0.532. The van der Waals surface area contributed by atoms with Gasteiger partial charge in [-0.25, -0.2) is 4.79 Å². The number of esters is 1. The number of benzene rings is 1. The van der Waals surface area contributed by atoms with E-state index in [-0.39, 0.29) is 12.2 Å². The fourth-order valence-corrected chi connectivity index (χ4v) is 3.33. The average molecular weight is 390 g/mol. The molecule has 0 saturated carbocycles. The number of hydrogen-bond acceptors (Lipinski definition) is 4. The van der Waals surface area contributed by atoms with Crippen LogP contribution in [0.2, 0.25) is 0 Å². The van der Waals surface area contributed by atoms with Crippen molar-refractivity contribution >= 4 is 38.5 Å². The van der Waals surface area contributed by atoms with E-state index in [2.05, 4.69) is 20.9 Å². The Labute approximate surface area is 146 Å². The van der Waals surface area contributed by atoms with Crippen LogP contribution in [0.1, 0.15) is 21.6 Å². The second-order valence-corrected chi connectivity index (χ2v) is 6.40. The lowest BCUT2D eigenvalue weighted by atomic mass is 10.1. The second-order valence-electron chi connectivity index (χ2n) is 5.54. The number of nitrogen functional groups attached to an aromatic ring is 1. The second kappa shape index (κ2) is 6.16. The number of aryl methyl sites for hydroxylation is 2. The van der Waals surface area contributed by atoms with Gasteiger partial charge in [0.1, 0.15) is 12.1 Å². The SMILES string of the molecule is Cc1[nH]c2c(=O)n(C)cc(Br)c2c1C(=O)OCc1ccccc1N. The van der Waals surface area contributed by atoms with E-state index in [1.54, 1.807) is 32.3 Å². The molecule has 0 atom stereocenters. The Balaban J connectivity index is 1.99. The van der Waals surface area contributed by atoms with E-state index < -0.39 is 5.97 Å². The van der Waals surface area contributed by atoms with Crippen molar-refractivity contribution in [3.05, 3.63) is 62.1 Å². The summed E-state index contributed by atoms with van der Waals surface area (Å²) in [6.07, 6.45) is 1.63. The molecule has 3 aromatic rings. The number of nitrogens with two attached hydrogens (primary N) is 1. The Morgan fingerprint density at radius 3 is 2.79 bits per heavy atom. The lowest BCUT2D eigenvalue weighted by Crippen LogP contribution is -2.16. The van der Waals surface area contributed by atoms with E-state index >= 15 is 0 Å². The molecule has 7 heteroatoms. The number of nitrogens with one attached hydrogen (secondary N) is 1. The fraction of sp³-hybridized carbons (Fsp3) is 0.176. The van der Waals surface area contributed by atoms with Crippen molar-refractivity contribution in [3.63, 3.8) is 0 Å². The minimum Gasteiger partial charge on any atom is -0.457 e. The molecule has 2 aromatic heterocycles. The highest BCUT2D eigenvalue weighted by atomic mass is 79.9. The van der Waals surface area contributed by atoms with Crippen LogP contribution in [-0.2, 0) is 18.4 Å². The minimum atomic E-state index is -0.504. The summed E-state index contributed by atoms with van der Waals surface area (Å²) in [6, 6.07) is 7.20. The van der Waals surface area contributed by atoms with Gasteiger partial charge >= 0.3 is 5.97 Å². The van der Waals surface area contributed by atoms with Gasteiger partial charge in [-0.2, -0.15) is 0 Å². The van der Waals surface area contributed by atoms with Crippen LogP contribution >= 0.6 is 15.9 Å². The van der Waals surface area contributed by atoms with Crippen LogP contribution in [-0.4, -0.2) is 15.5 Å². The zero-order valence-corrected chi connectivity index (χ0v) is 14.8. The number of rotatable bonds is 3. The first-order chi connectivity index (χ1) is 11.4. The van der Waals surface area contributed by atoms with Gasteiger partial charge in [0.25, 0.3) is 5.56 Å². The number of ether oxygens (including phenoxy) is 1. The number of carbonyl (C=O) groups excluding carboxylic acids is 1. The standard InChI is InChI=1S/C17H16BrN3O3/c1-9-13(14-11(18)7-21(2)16(22)15(14)20-9)17(23)24-8-10-5-3-4-6-12(10)19/h3-7,20H,8,19H2,1-2H3. The normalized spacial score (nSPS) is 11.0. The topological polar surface area (TPSA) is 90.1 Å².